The topological polar surface area (TPSA) is 37.4 Å². The van der Waals surface area contributed by atoms with E-state index in [1.807, 2.05) is 13.8 Å². The summed E-state index contributed by atoms with van der Waals surface area (Å²) in [6.45, 7) is 3.75. The van der Waals surface area contributed by atoms with Crippen LogP contribution in [0.4, 0.5) is 0 Å². The van der Waals surface area contributed by atoms with Crippen molar-refractivity contribution in [1.82, 2.24) is 4.90 Å². The lowest BCUT2D eigenvalue weighted by molar-refractivity contribution is -0.138. The van der Waals surface area contributed by atoms with Crippen molar-refractivity contribution in [3.63, 3.8) is 0 Å². The van der Waals surface area contributed by atoms with E-state index >= 15 is 0 Å². The molecular weight excluding hydrogens is 142 g/mol. The third kappa shape index (κ3) is 1.04. The van der Waals surface area contributed by atoms with Gasteiger partial charge in [-0.05, 0) is 6.42 Å². The predicted octanol–water partition coefficient (Wildman–Crippen LogP) is 0.647. The molecule has 3 nitrogen and oxygen atoms in total. The molecule has 0 saturated carbocycles. The average molecular weight is 155 g/mol. The fraction of sp³-hybridized carbons (Fsp3) is 0.750. The molecular formula is C8H13NO2. The second-order valence-electron chi connectivity index (χ2n) is 3.04. The maximum absolute atomic E-state index is 11.3. The van der Waals surface area contributed by atoms with Crippen LogP contribution in [0.5, 0.6) is 0 Å². The lowest BCUT2D eigenvalue weighted by atomic mass is 9.95. The molecule has 3 heteroatoms. The number of nitrogens with zero attached hydrogens (tertiary/aromatic N) is 1. The summed E-state index contributed by atoms with van der Waals surface area (Å²) in [5.74, 6) is -0.253. The van der Waals surface area contributed by atoms with Gasteiger partial charge >= 0.3 is 0 Å². The van der Waals surface area contributed by atoms with Crippen molar-refractivity contribution in [2.75, 3.05) is 7.05 Å². The summed E-state index contributed by atoms with van der Waals surface area (Å²) in [6.07, 6.45) is 0.760. The van der Waals surface area contributed by atoms with Crippen molar-refractivity contribution >= 4 is 11.8 Å². The Morgan fingerprint density at radius 2 is 1.91 bits per heavy atom. The van der Waals surface area contributed by atoms with Gasteiger partial charge in [-0.15, -0.1) is 0 Å². The van der Waals surface area contributed by atoms with Gasteiger partial charge in [0, 0.05) is 18.9 Å². The quantitative estimate of drug-likeness (QED) is 0.521. The average Bonchev–Trinajstić information content (AvgIpc) is 2.17. The number of carbonyl (C=O) groups excluding carboxylic acids is 2. The molecule has 0 N–H and O–H groups in total. The largest absolute Gasteiger partial charge is 0.285 e. The van der Waals surface area contributed by atoms with E-state index in [4.69, 9.17) is 0 Å². The van der Waals surface area contributed by atoms with Gasteiger partial charge < -0.3 is 0 Å². The first kappa shape index (κ1) is 8.24. The molecule has 1 fully saturated rings. The first-order chi connectivity index (χ1) is 5.09. The molecule has 0 aliphatic carbocycles. The first-order valence-corrected chi connectivity index (χ1v) is 3.91. The second kappa shape index (κ2) is 2.64. The Balaban J connectivity index is 2.86. The van der Waals surface area contributed by atoms with Crippen LogP contribution in [-0.2, 0) is 9.59 Å². The molecule has 1 heterocycles. The van der Waals surface area contributed by atoms with Crippen LogP contribution in [-0.4, -0.2) is 23.8 Å². The van der Waals surface area contributed by atoms with Crippen molar-refractivity contribution in [2.45, 2.75) is 20.3 Å². The first-order valence-electron chi connectivity index (χ1n) is 3.91. The Labute approximate surface area is 66.4 Å². The van der Waals surface area contributed by atoms with Crippen LogP contribution < -0.4 is 0 Å². The molecule has 0 spiro atoms. The highest BCUT2D eigenvalue weighted by molar-refractivity contribution is 6.04. The van der Waals surface area contributed by atoms with E-state index in [0.29, 0.717) is 0 Å². The van der Waals surface area contributed by atoms with Gasteiger partial charge in [-0.3, -0.25) is 14.5 Å². The van der Waals surface area contributed by atoms with Gasteiger partial charge in [0.2, 0.25) is 11.8 Å². The Morgan fingerprint density at radius 1 is 1.36 bits per heavy atom. The highest BCUT2D eigenvalue weighted by Gasteiger charge is 2.41. The van der Waals surface area contributed by atoms with Crippen molar-refractivity contribution in [3.8, 4) is 0 Å². The summed E-state index contributed by atoms with van der Waals surface area (Å²) in [7, 11) is 1.55. The van der Waals surface area contributed by atoms with Crippen molar-refractivity contribution in [3.05, 3.63) is 0 Å². The van der Waals surface area contributed by atoms with E-state index in [1.165, 1.54) is 4.90 Å². The van der Waals surface area contributed by atoms with E-state index < -0.39 is 0 Å². The molecule has 2 unspecified atom stereocenters. The van der Waals surface area contributed by atoms with Gasteiger partial charge in [-0.1, -0.05) is 13.8 Å². The summed E-state index contributed by atoms with van der Waals surface area (Å²) in [5.41, 5.74) is 0. The minimum absolute atomic E-state index is 0.0231. The Bertz CT molecular complexity index is 200. The third-order valence-corrected chi connectivity index (χ3v) is 2.41. The van der Waals surface area contributed by atoms with Crippen LogP contribution in [0.3, 0.4) is 0 Å². The number of hydrogen-bond donors (Lipinski definition) is 0. The normalized spacial score (nSPS) is 31.7. The standard InChI is InChI=1S/C8H13NO2/c1-4-6-5(2)7(10)9(3)8(6)11/h5-6H,4H2,1-3H3. The van der Waals surface area contributed by atoms with Crippen LogP contribution in [0.2, 0.25) is 0 Å². The van der Waals surface area contributed by atoms with E-state index in [2.05, 4.69) is 0 Å². The van der Waals surface area contributed by atoms with Crippen LogP contribution in [0.1, 0.15) is 20.3 Å². The summed E-state index contributed by atoms with van der Waals surface area (Å²) in [6, 6.07) is 0. The van der Waals surface area contributed by atoms with E-state index in [0.717, 1.165) is 6.42 Å². The molecule has 2 atom stereocenters. The lowest BCUT2D eigenvalue weighted by Gasteiger charge is -2.05. The minimum Gasteiger partial charge on any atom is -0.285 e. The van der Waals surface area contributed by atoms with Crippen LogP contribution >= 0.6 is 0 Å². The summed E-state index contributed by atoms with van der Waals surface area (Å²) in [4.78, 5) is 23.7. The Morgan fingerprint density at radius 3 is 2.09 bits per heavy atom. The summed E-state index contributed by atoms with van der Waals surface area (Å²) in [5, 5.41) is 0. The minimum atomic E-state index is -0.113. The number of amides is 2. The number of rotatable bonds is 1. The molecule has 1 aliphatic heterocycles. The number of likely N-dealkylation sites (tertiary alicyclic amines) is 1. The Hall–Kier alpha value is -0.860. The SMILES string of the molecule is CCC1C(=O)N(C)C(=O)C1C. The lowest BCUT2D eigenvalue weighted by Crippen LogP contribution is -2.25. The molecule has 0 radical (unpaired) electrons. The molecule has 1 saturated heterocycles. The monoisotopic (exact) mass is 155 g/mol. The molecule has 1 aliphatic rings. The molecule has 0 aromatic heterocycles. The molecule has 2 amide bonds. The fourth-order valence-electron chi connectivity index (χ4n) is 1.58. The molecule has 62 valence electrons. The van der Waals surface area contributed by atoms with Crippen LogP contribution in [0, 0.1) is 11.8 Å². The molecule has 0 aromatic carbocycles. The number of imide groups is 1. The maximum atomic E-state index is 11.3. The third-order valence-electron chi connectivity index (χ3n) is 2.41. The maximum Gasteiger partial charge on any atom is 0.232 e. The van der Waals surface area contributed by atoms with Crippen molar-refractivity contribution in [2.24, 2.45) is 11.8 Å². The molecule has 0 bridgehead atoms. The van der Waals surface area contributed by atoms with Gasteiger partial charge in [0.1, 0.15) is 0 Å². The smallest absolute Gasteiger partial charge is 0.232 e. The number of hydrogen-bond acceptors (Lipinski definition) is 2. The molecule has 1 rings (SSSR count). The van der Waals surface area contributed by atoms with E-state index in [-0.39, 0.29) is 23.7 Å². The van der Waals surface area contributed by atoms with E-state index in [1.54, 1.807) is 7.05 Å². The summed E-state index contributed by atoms with van der Waals surface area (Å²) >= 11 is 0. The van der Waals surface area contributed by atoms with Gasteiger partial charge in [0.15, 0.2) is 0 Å². The number of carbonyl (C=O) groups is 2. The zero-order valence-corrected chi connectivity index (χ0v) is 7.13. The fourth-order valence-corrected chi connectivity index (χ4v) is 1.58. The van der Waals surface area contributed by atoms with Gasteiger partial charge in [0.05, 0.1) is 0 Å². The van der Waals surface area contributed by atoms with E-state index in [9.17, 15) is 9.59 Å². The highest BCUT2D eigenvalue weighted by Crippen LogP contribution is 2.26. The van der Waals surface area contributed by atoms with Crippen LogP contribution in [0.25, 0.3) is 0 Å². The van der Waals surface area contributed by atoms with Crippen molar-refractivity contribution < 1.29 is 9.59 Å². The molecule has 11 heavy (non-hydrogen) atoms. The van der Waals surface area contributed by atoms with Gasteiger partial charge in [0.25, 0.3) is 0 Å². The zero-order valence-electron chi connectivity index (χ0n) is 7.13. The Kier molecular flexibility index (Phi) is 1.98. The van der Waals surface area contributed by atoms with Crippen molar-refractivity contribution in [1.29, 1.82) is 0 Å². The summed E-state index contributed by atoms with van der Waals surface area (Å²) < 4.78 is 0. The van der Waals surface area contributed by atoms with Crippen LogP contribution in [0.15, 0.2) is 0 Å². The van der Waals surface area contributed by atoms with Gasteiger partial charge in [-0.2, -0.15) is 0 Å². The predicted molar refractivity (Wildman–Crippen MR) is 40.7 cm³/mol. The molecule has 0 aromatic rings. The zero-order chi connectivity index (χ0) is 8.59. The second-order valence-corrected chi connectivity index (χ2v) is 3.04. The van der Waals surface area contributed by atoms with Gasteiger partial charge in [-0.25, -0.2) is 0 Å². The highest BCUT2D eigenvalue weighted by atomic mass is 16.2.